The molecule has 1 aliphatic rings. The summed E-state index contributed by atoms with van der Waals surface area (Å²) in [4.78, 5) is 0. The third-order valence-corrected chi connectivity index (χ3v) is 5.60. The van der Waals surface area contributed by atoms with E-state index in [-0.39, 0.29) is 0 Å². The van der Waals surface area contributed by atoms with Crippen molar-refractivity contribution in [1.82, 2.24) is 0 Å². The van der Waals surface area contributed by atoms with Crippen molar-refractivity contribution in [2.45, 2.75) is 44.6 Å². The molecule has 0 amide bonds. The lowest BCUT2D eigenvalue weighted by Crippen LogP contribution is -2.07. The van der Waals surface area contributed by atoms with E-state index >= 15 is 0 Å². The molecule has 1 heterocycles. The summed E-state index contributed by atoms with van der Waals surface area (Å²) in [7, 11) is 0. The second kappa shape index (κ2) is 7.45. The average molecular weight is 242 g/mol. The molecule has 86 valence electrons. The van der Waals surface area contributed by atoms with Gasteiger partial charge < -0.3 is 0 Å². The first-order valence-corrected chi connectivity index (χ1v) is 7.83. The van der Waals surface area contributed by atoms with Crippen molar-refractivity contribution in [3.05, 3.63) is 23.3 Å². The van der Waals surface area contributed by atoms with E-state index in [1.807, 2.05) is 0 Å². The SMILES string of the molecule is CC(C)=CCC/C=C(\C)C1SCCCS1. The monoisotopic (exact) mass is 242 g/mol. The Hall–Kier alpha value is 0.180. The number of unbranched alkanes of at least 4 members (excludes halogenated alkanes) is 1. The smallest absolute Gasteiger partial charge is 0.0708 e. The summed E-state index contributed by atoms with van der Waals surface area (Å²) in [6.45, 7) is 6.63. The highest BCUT2D eigenvalue weighted by atomic mass is 32.2. The molecule has 0 aliphatic carbocycles. The molecule has 0 aromatic rings. The zero-order valence-corrected chi connectivity index (χ0v) is 11.7. The molecule has 0 spiro atoms. The average Bonchev–Trinajstić information content (AvgIpc) is 2.25. The summed E-state index contributed by atoms with van der Waals surface area (Å²) in [6.07, 6.45) is 8.54. The van der Waals surface area contributed by atoms with Crippen LogP contribution in [0.15, 0.2) is 23.3 Å². The normalized spacial score (nSPS) is 19.0. The van der Waals surface area contributed by atoms with Gasteiger partial charge in [-0.2, -0.15) is 0 Å². The molecule has 0 N–H and O–H groups in total. The molecule has 15 heavy (non-hydrogen) atoms. The van der Waals surface area contributed by atoms with E-state index in [2.05, 4.69) is 56.4 Å². The molecule has 0 bridgehead atoms. The second-order valence-electron chi connectivity index (χ2n) is 4.23. The number of rotatable bonds is 4. The van der Waals surface area contributed by atoms with E-state index in [4.69, 9.17) is 0 Å². The quantitative estimate of drug-likeness (QED) is 0.509. The third-order valence-electron chi connectivity index (χ3n) is 2.38. The summed E-state index contributed by atoms with van der Waals surface area (Å²) >= 11 is 4.23. The lowest BCUT2D eigenvalue weighted by atomic mass is 10.2. The van der Waals surface area contributed by atoms with Crippen molar-refractivity contribution >= 4 is 23.5 Å². The molecule has 0 saturated carbocycles. The Morgan fingerprint density at radius 2 is 1.67 bits per heavy atom. The Bertz CT molecular complexity index is 231. The predicted octanol–water partition coefficient (Wildman–Crippen LogP) is 4.88. The molecule has 1 rings (SSSR count). The van der Waals surface area contributed by atoms with Gasteiger partial charge in [-0.1, -0.05) is 23.3 Å². The van der Waals surface area contributed by atoms with Crippen LogP contribution in [0.5, 0.6) is 0 Å². The zero-order chi connectivity index (χ0) is 11.1. The lowest BCUT2D eigenvalue weighted by molar-refractivity contribution is 1.01. The molecule has 1 fully saturated rings. The zero-order valence-electron chi connectivity index (χ0n) is 10.1. The molecule has 0 atom stereocenters. The van der Waals surface area contributed by atoms with E-state index in [0.29, 0.717) is 0 Å². The van der Waals surface area contributed by atoms with Gasteiger partial charge in [0.1, 0.15) is 0 Å². The number of hydrogen-bond acceptors (Lipinski definition) is 2. The van der Waals surface area contributed by atoms with Gasteiger partial charge in [0.15, 0.2) is 0 Å². The highest BCUT2D eigenvalue weighted by Gasteiger charge is 2.15. The fourth-order valence-corrected chi connectivity index (χ4v) is 4.44. The van der Waals surface area contributed by atoms with Crippen LogP contribution in [-0.4, -0.2) is 16.1 Å². The molecule has 0 aromatic carbocycles. The standard InChI is InChI=1S/C13H22S2/c1-11(2)7-4-5-8-12(3)13-14-9-6-10-15-13/h7-8,13H,4-6,9-10H2,1-3H3/b12-8+. The highest BCUT2D eigenvalue weighted by molar-refractivity contribution is 8.17. The summed E-state index contributed by atoms with van der Waals surface area (Å²) in [5.41, 5.74) is 3.01. The third kappa shape index (κ3) is 5.72. The van der Waals surface area contributed by atoms with Gasteiger partial charge in [-0.25, -0.2) is 0 Å². The lowest BCUT2D eigenvalue weighted by Gasteiger charge is -2.21. The van der Waals surface area contributed by atoms with Gasteiger partial charge in [0, 0.05) is 0 Å². The van der Waals surface area contributed by atoms with Gasteiger partial charge in [-0.3, -0.25) is 0 Å². The number of hydrogen-bond donors (Lipinski definition) is 0. The van der Waals surface area contributed by atoms with Crippen LogP contribution in [0, 0.1) is 0 Å². The summed E-state index contributed by atoms with van der Waals surface area (Å²) in [5, 5.41) is 0. The van der Waals surface area contributed by atoms with Crippen LogP contribution >= 0.6 is 23.5 Å². The van der Waals surface area contributed by atoms with Crippen LogP contribution in [0.25, 0.3) is 0 Å². The maximum Gasteiger partial charge on any atom is 0.0708 e. The van der Waals surface area contributed by atoms with Crippen molar-refractivity contribution in [2.24, 2.45) is 0 Å². The fraction of sp³-hybridized carbons (Fsp3) is 0.692. The van der Waals surface area contributed by atoms with Crippen LogP contribution < -0.4 is 0 Å². The van der Waals surface area contributed by atoms with Gasteiger partial charge in [-0.15, -0.1) is 23.5 Å². The molecule has 0 radical (unpaired) electrons. The summed E-state index contributed by atoms with van der Waals surface area (Å²) in [5.74, 6) is 2.69. The van der Waals surface area contributed by atoms with Crippen molar-refractivity contribution in [1.29, 1.82) is 0 Å². The molecule has 0 unspecified atom stereocenters. The van der Waals surface area contributed by atoms with Crippen LogP contribution in [0.1, 0.15) is 40.0 Å². The van der Waals surface area contributed by atoms with E-state index < -0.39 is 0 Å². The molecule has 2 heteroatoms. The second-order valence-corrected chi connectivity index (χ2v) is 6.96. The Kier molecular flexibility index (Phi) is 6.58. The largest absolute Gasteiger partial charge is 0.143 e. The van der Waals surface area contributed by atoms with Gasteiger partial charge in [0.05, 0.1) is 4.58 Å². The Labute approximate surface area is 103 Å². The summed E-state index contributed by atoms with van der Waals surface area (Å²) < 4.78 is 0.741. The molecular weight excluding hydrogens is 220 g/mol. The van der Waals surface area contributed by atoms with E-state index in [1.165, 1.54) is 36.3 Å². The molecule has 1 saturated heterocycles. The van der Waals surface area contributed by atoms with Crippen LogP contribution in [0.4, 0.5) is 0 Å². The van der Waals surface area contributed by atoms with Crippen LogP contribution in [-0.2, 0) is 0 Å². The van der Waals surface area contributed by atoms with E-state index in [9.17, 15) is 0 Å². The predicted molar refractivity (Wildman–Crippen MR) is 75.7 cm³/mol. The van der Waals surface area contributed by atoms with Gasteiger partial charge >= 0.3 is 0 Å². The Balaban J connectivity index is 2.28. The molecular formula is C13H22S2. The minimum Gasteiger partial charge on any atom is -0.143 e. The first-order chi connectivity index (χ1) is 7.20. The van der Waals surface area contributed by atoms with Gasteiger partial charge in [0.25, 0.3) is 0 Å². The fourth-order valence-electron chi connectivity index (χ4n) is 1.53. The number of thioether (sulfide) groups is 2. The van der Waals surface area contributed by atoms with Crippen molar-refractivity contribution in [2.75, 3.05) is 11.5 Å². The minimum atomic E-state index is 0.741. The van der Waals surface area contributed by atoms with Crippen LogP contribution in [0.3, 0.4) is 0 Å². The van der Waals surface area contributed by atoms with E-state index in [0.717, 1.165) is 4.58 Å². The first kappa shape index (κ1) is 13.2. The van der Waals surface area contributed by atoms with Gasteiger partial charge in [-0.05, 0) is 51.5 Å². The molecule has 0 nitrogen and oxygen atoms in total. The van der Waals surface area contributed by atoms with Crippen molar-refractivity contribution in [3.63, 3.8) is 0 Å². The maximum absolute atomic E-state index is 2.43. The van der Waals surface area contributed by atoms with Gasteiger partial charge in [0.2, 0.25) is 0 Å². The maximum atomic E-state index is 2.43. The molecule has 1 aliphatic heterocycles. The van der Waals surface area contributed by atoms with E-state index in [1.54, 1.807) is 5.57 Å². The molecule has 0 aromatic heterocycles. The van der Waals surface area contributed by atoms with Crippen LogP contribution in [0.2, 0.25) is 0 Å². The highest BCUT2D eigenvalue weighted by Crippen LogP contribution is 2.35. The first-order valence-electron chi connectivity index (χ1n) is 5.73. The van der Waals surface area contributed by atoms with Crippen molar-refractivity contribution in [3.8, 4) is 0 Å². The Morgan fingerprint density at radius 1 is 1.07 bits per heavy atom. The minimum absolute atomic E-state index is 0.741. The topological polar surface area (TPSA) is 0 Å². The summed E-state index contributed by atoms with van der Waals surface area (Å²) in [6, 6.07) is 0. The Morgan fingerprint density at radius 3 is 2.27 bits per heavy atom. The van der Waals surface area contributed by atoms with Crippen molar-refractivity contribution < 1.29 is 0 Å². The number of allylic oxidation sites excluding steroid dienone is 3.